The Morgan fingerprint density at radius 1 is 0.385 bits per heavy atom. The van der Waals surface area contributed by atoms with Gasteiger partial charge in [-0.15, -0.1) is 0 Å². The lowest BCUT2D eigenvalue weighted by molar-refractivity contribution is -0.278. The predicted molar refractivity (Wildman–Crippen MR) is 215 cm³/mol. The first-order chi connectivity index (χ1) is 30.4. The molecule has 0 aliphatic carbocycles. The summed E-state index contributed by atoms with van der Waals surface area (Å²) in [6, 6.07) is 26.1. The van der Waals surface area contributed by atoms with Gasteiger partial charge >= 0.3 is 60.1 Å². The molecule has 0 amide bonds. The van der Waals surface area contributed by atoms with Gasteiger partial charge in [-0.05, 0) is 69.3 Å². The topological polar surface area (TPSA) is 208 Å². The minimum atomic E-state index is -5.18. The van der Waals surface area contributed by atoms with Crippen LogP contribution >= 0.6 is 0 Å². The lowest BCUT2D eigenvalue weighted by atomic mass is 10.1. The Balaban J connectivity index is 0.000000386. The van der Waals surface area contributed by atoms with Crippen LogP contribution < -0.4 is 0 Å². The number of carbonyl (C=O) groups is 10. The quantitative estimate of drug-likeness (QED) is 0.0795. The van der Waals surface area contributed by atoms with Crippen LogP contribution in [0, 0.1) is 5.92 Å². The third kappa shape index (κ3) is 16.5. The Labute approximate surface area is 366 Å². The lowest BCUT2D eigenvalue weighted by Crippen LogP contribution is -2.33. The average Bonchev–Trinajstić information content (AvgIpc) is 3.94. The molecule has 0 saturated heterocycles. The zero-order valence-electron chi connectivity index (χ0n) is 35.5. The summed E-state index contributed by atoms with van der Waals surface area (Å²) in [5.74, 6) is -7.76. The second-order valence-electron chi connectivity index (χ2n) is 12.3. The number of benzene rings is 4. The normalized spacial score (nSPS) is 13.1. The van der Waals surface area contributed by atoms with Gasteiger partial charge in [0, 0.05) is 0 Å². The Morgan fingerprint density at radius 2 is 0.523 bits per heavy atom. The molecule has 8 rings (SSSR count). The number of Topliss-reactive ketones (excluding diaryl/α,β-unsaturated/α-hetero) is 2. The van der Waals surface area contributed by atoms with E-state index in [2.05, 4.69) is 18.9 Å². The first kappa shape index (κ1) is 55.4. The molecule has 4 aliphatic heterocycles. The highest BCUT2D eigenvalue weighted by molar-refractivity contribution is 6.16. The highest BCUT2D eigenvalue weighted by atomic mass is 19.4. The smallest absolute Gasteiger partial charge is 0.386 e. The van der Waals surface area contributed by atoms with E-state index in [9.17, 15) is 74.3 Å². The molecule has 20 heteroatoms. The first-order valence-corrected chi connectivity index (χ1v) is 19.0. The van der Waals surface area contributed by atoms with E-state index in [4.69, 9.17) is 0 Å². The molecule has 4 aromatic carbocycles. The van der Waals surface area contributed by atoms with Gasteiger partial charge < -0.3 is 18.9 Å². The third-order valence-electron chi connectivity index (χ3n) is 7.69. The molecule has 346 valence electrons. The van der Waals surface area contributed by atoms with Crippen LogP contribution in [0.1, 0.15) is 138 Å². The van der Waals surface area contributed by atoms with Crippen LogP contribution in [0.3, 0.4) is 0 Å². The van der Waals surface area contributed by atoms with E-state index in [1.165, 1.54) is 13.8 Å². The fourth-order valence-corrected chi connectivity index (χ4v) is 4.67. The van der Waals surface area contributed by atoms with Gasteiger partial charge in [0.15, 0.2) is 0 Å². The second-order valence-corrected chi connectivity index (χ2v) is 12.3. The van der Waals surface area contributed by atoms with Crippen molar-refractivity contribution in [1.29, 1.82) is 0 Å². The summed E-state index contributed by atoms with van der Waals surface area (Å²) in [7, 11) is 0. The van der Waals surface area contributed by atoms with Crippen molar-refractivity contribution in [3.8, 4) is 0 Å². The number of ether oxygens (including phenoxy) is 4. The highest BCUT2D eigenvalue weighted by Crippen LogP contribution is 2.38. The van der Waals surface area contributed by atoms with Gasteiger partial charge in [-0.3, -0.25) is 9.59 Å². The molecular weight excluding hydrogens is 878 g/mol. The summed E-state index contributed by atoms with van der Waals surface area (Å²) in [6.07, 6.45) is -10.3. The van der Waals surface area contributed by atoms with Gasteiger partial charge in [-0.25, -0.2) is 38.4 Å². The number of hydrogen-bond acceptors (Lipinski definition) is 14. The Bertz CT molecular complexity index is 1980. The molecular formula is C45H40F6O14. The summed E-state index contributed by atoms with van der Waals surface area (Å²) < 4.78 is 84.8. The van der Waals surface area contributed by atoms with Crippen LogP contribution in [0.5, 0.6) is 0 Å². The molecule has 0 fully saturated rings. The van der Waals surface area contributed by atoms with E-state index < -0.39 is 66.0 Å². The maximum atomic E-state index is 11.2. The molecule has 4 aliphatic rings. The van der Waals surface area contributed by atoms with Crippen molar-refractivity contribution in [2.45, 2.75) is 67.2 Å². The van der Waals surface area contributed by atoms with E-state index in [1.807, 2.05) is 27.7 Å². The number of esters is 8. The van der Waals surface area contributed by atoms with Crippen molar-refractivity contribution >= 4 is 59.3 Å². The molecule has 14 nitrogen and oxygen atoms in total. The van der Waals surface area contributed by atoms with Crippen molar-refractivity contribution in [2.75, 3.05) is 0 Å². The minimum Gasteiger partial charge on any atom is -0.386 e. The van der Waals surface area contributed by atoms with Crippen molar-refractivity contribution < 1.29 is 93.2 Å². The van der Waals surface area contributed by atoms with Crippen molar-refractivity contribution in [2.24, 2.45) is 5.92 Å². The molecule has 0 spiro atoms. The van der Waals surface area contributed by atoms with Gasteiger partial charge in [-0.1, -0.05) is 76.2 Å². The van der Waals surface area contributed by atoms with Crippen LogP contribution in [-0.2, 0) is 28.5 Å². The standard InChI is InChI=1S/4C8H4O3.C5H8O2.C4H4F6.2C2H6/c4*9-7-5-3-1-2-4-6(5)8(10)11-7;1-4(6)3-5(2)7;1-2(3(5,6)7)4(8,9)10;2*1-2/h4*1-4H;3H2,1-2H3;2H,1H3;2*1-2H3. The third-order valence-corrected chi connectivity index (χ3v) is 7.69. The summed E-state index contributed by atoms with van der Waals surface area (Å²) in [5, 5.41) is 0. The average molecular weight is 919 g/mol. The molecule has 0 unspecified atom stereocenters. The number of rotatable bonds is 2. The van der Waals surface area contributed by atoms with Crippen LogP contribution in [0.15, 0.2) is 97.1 Å². The Hall–Kier alpha value is -7.64. The Morgan fingerprint density at radius 3 is 0.600 bits per heavy atom. The van der Waals surface area contributed by atoms with Crippen LogP contribution in [0.4, 0.5) is 26.3 Å². The number of ketones is 2. The number of hydrogen-bond donors (Lipinski definition) is 0. The molecule has 0 atom stereocenters. The number of cyclic esters (lactones) is 8. The SMILES string of the molecule is CC.CC.CC(=O)CC(C)=O.CC(C(F)(F)F)C(F)(F)F.O=C1OC(=O)c2ccccc21.O=C1OC(=O)c2ccccc21.O=C1OC(=O)c2ccccc21.O=C1OC(=O)c2ccccc21. The van der Waals surface area contributed by atoms with E-state index in [1.54, 1.807) is 97.1 Å². The van der Waals surface area contributed by atoms with E-state index in [0.717, 1.165) is 0 Å². The largest absolute Gasteiger partial charge is 0.400 e. The molecule has 0 bridgehead atoms. The number of alkyl halides is 6. The molecule has 0 N–H and O–H groups in total. The highest BCUT2D eigenvalue weighted by Gasteiger charge is 2.53. The molecule has 4 aromatic rings. The molecule has 0 radical (unpaired) electrons. The van der Waals surface area contributed by atoms with Gasteiger partial charge in [0.25, 0.3) is 0 Å². The molecule has 65 heavy (non-hydrogen) atoms. The zero-order valence-corrected chi connectivity index (χ0v) is 35.5. The zero-order chi connectivity index (χ0) is 49.8. The number of carbonyl (C=O) groups excluding carboxylic acids is 10. The molecule has 0 aromatic heterocycles. The van der Waals surface area contributed by atoms with E-state index in [-0.39, 0.29) is 24.9 Å². The second kappa shape index (κ2) is 25.5. The number of fused-ring (bicyclic) bond motifs is 4. The van der Waals surface area contributed by atoms with Crippen LogP contribution in [0.25, 0.3) is 0 Å². The first-order valence-electron chi connectivity index (χ1n) is 19.0. The van der Waals surface area contributed by atoms with Crippen molar-refractivity contribution in [1.82, 2.24) is 0 Å². The fraction of sp³-hybridized carbons (Fsp3) is 0.244. The van der Waals surface area contributed by atoms with E-state index in [0.29, 0.717) is 44.5 Å². The van der Waals surface area contributed by atoms with Gasteiger partial charge in [0.1, 0.15) is 17.5 Å². The van der Waals surface area contributed by atoms with Crippen LogP contribution in [0.2, 0.25) is 0 Å². The van der Waals surface area contributed by atoms with Gasteiger partial charge in [-0.2, -0.15) is 26.3 Å². The van der Waals surface area contributed by atoms with Gasteiger partial charge in [0.05, 0.1) is 50.9 Å². The Kier molecular flexibility index (Phi) is 21.7. The minimum absolute atomic E-state index is 0.0625. The summed E-state index contributed by atoms with van der Waals surface area (Å²) >= 11 is 0. The maximum absolute atomic E-state index is 11.2. The maximum Gasteiger partial charge on any atom is 0.400 e. The molecule has 0 saturated carbocycles. The lowest BCUT2D eigenvalue weighted by Gasteiger charge is -2.17. The summed E-state index contributed by atoms with van der Waals surface area (Å²) in [4.78, 5) is 107. The monoisotopic (exact) mass is 918 g/mol. The van der Waals surface area contributed by atoms with Crippen LogP contribution in [-0.4, -0.2) is 71.7 Å². The van der Waals surface area contributed by atoms with Gasteiger partial charge in [0.2, 0.25) is 0 Å². The summed E-state index contributed by atoms with van der Waals surface area (Å²) in [5.41, 5.74) is 2.87. The van der Waals surface area contributed by atoms with Crippen molar-refractivity contribution in [3.05, 3.63) is 142 Å². The van der Waals surface area contributed by atoms with Crippen molar-refractivity contribution in [3.63, 3.8) is 0 Å². The fourth-order valence-electron chi connectivity index (χ4n) is 4.67. The summed E-state index contributed by atoms with van der Waals surface area (Å²) in [6.45, 7) is 10.9. The predicted octanol–water partition coefficient (Wildman–Crippen LogP) is 9.34. The van der Waals surface area contributed by atoms with E-state index >= 15 is 0 Å². The molecule has 4 heterocycles. The number of halogens is 6.